The Bertz CT molecular complexity index is 1430. The first-order chi connectivity index (χ1) is 21.8. The average molecular weight is 615 g/mol. The van der Waals surface area contributed by atoms with E-state index in [0.717, 1.165) is 36.8 Å². The number of phenolic OH excluding ortho intramolecular Hbond substituents is 1. The van der Waals surface area contributed by atoms with Crippen LogP contribution in [0.5, 0.6) is 11.5 Å². The molecule has 2 atom stereocenters. The number of nitrogens with zero attached hydrogens (tertiary/aromatic N) is 1. The summed E-state index contributed by atoms with van der Waals surface area (Å²) in [6, 6.07) is 20.9. The lowest BCUT2D eigenvalue weighted by molar-refractivity contribution is -0.135. The van der Waals surface area contributed by atoms with E-state index >= 15 is 0 Å². The highest BCUT2D eigenvalue weighted by Gasteiger charge is 2.27. The van der Waals surface area contributed by atoms with E-state index in [1.807, 2.05) is 30.3 Å². The zero-order chi connectivity index (χ0) is 32.0. The highest BCUT2D eigenvalue weighted by molar-refractivity contribution is 5.99. The van der Waals surface area contributed by atoms with Crippen LogP contribution < -0.4 is 20.7 Å². The SMILES string of the molecule is CN1CCCCCCOc2ccccc2C(=O)N[C@H](C(=O)NCc2ccccc2)CCC(=O)N[C@@H](Cc2ccc(O)cc2)C1=O. The number of para-hydroxylation sites is 1. The van der Waals surface area contributed by atoms with Crippen molar-refractivity contribution in [3.05, 3.63) is 95.6 Å². The van der Waals surface area contributed by atoms with Gasteiger partial charge in [0, 0.05) is 33.0 Å². The maximum atomic E-state index is 13.5. The Morgan fingerprint density at radius 1 is 0.889 bits per heavy atom. The van der Waals surface area contributed by atoms with Crippen LogP contribution in [-0.4, -0.2) is 65.9 Å². The molecule has 0 aromatic heterocycles. The molecule has 4 N–H and O–H groups in total. The van der Waals surface area contributed by atoms with Crippen molar-refractivity contribution in [3.8, 4) is 11.5 Å². The van der Waals surface area contributed by atoms with Gasteiger partial charge in [-0.15, -0.1) is 0 Å². The van der Waals surface area contributed by atoms with Gasteiger partial charge in [-0.2, -0.15) is 0 Å². The van der Waals surface area contributed by atoms with Crippen LogP contribution in [0.3, 0.4) is 0 Å². The summed E-state index contributed by atoms with van der Waals surface area (Å²) in [5.74, 6) is -1.02. The van der Waals surface area contributed by atoms with Gasteiger partial charge in [-0.1, -0.05) is 67.4 Å². The summed E-state index contributed by atoms with van der Waals surface area (Å²) in [5, 5.41) is 18.2. The number of aromatic hydroxyl groups is 1. The zero-order valence-corrected chi connectivity index (χ0v) is 25.7. The molecule has 0 unspecified atom stereocenters. The van der Waals surface area contributed by atoms with Gasteiger partial charge in [0.05, 0.1) is 12.2 Å². The fraction of sp³-hybridized carbons (Fsp3) is 0.371. The maximum Gasteiger partial charge on any atom is 0.255 e. The third-order valence-corrected chi connectivity index (χ3v) is 7.75. The Kier molecular flexibility index (Phi) is 12.4. The van der Waals surface area contributed by atoms with Crippen molar-refractivity contribution in [1.29, 1.82) is 0 Å². The molecule has 1 heterocycles. The summed E-state index contributed by atoms with van der Waals surface area (Å²) in [6.45, 7) is 1.22. The molecule has 0 spiro atoms. The molecular formula is C35H42N4O6. The van der Waals surface area contributed by atoms with Gasteiger partial charge >= 0.3 is 0 Å². The number of benzene rings is 3. The second-order valence-electron chi connectivity index (χ2n) is 11.3. The lowest BCUT2D eigenvalue weighted by Crippen LogP contribution is -2.50. The molecule has 0 aliphatic carbocycles. The van der Waals surface area contributed by atoms with Crippen LogP contribution in [0.25, 0.3) is 0 Å². The molecule has 45 heavy (non-hydrogen) atoms. The van der Waals surface area contributed by atoms with Crippen LogP contribution in [0.2, 0.25) is 0 Å². The molecule has 1 aliphatic rings. The molecule has 0 saturated carbocycles. The number of hydrogen-bond donors (Lipinski definition) is 4. The van der Waals surface area contributed by atoms with Crippen molar-refractivity contribution in [3.63, 3.8) is 0 Å². The average Bonchev–Trinajstić information content (AvgIpc) is 3.05. The molecule has 10 nitrogen and oxygen atoms in total. The minimum atomic E-state index is -1.02. The first-order valence-corrected chi connectivity index (χ1v) is 15.5. The summed E-state index contributed by atoms with van der Waals surface area (Å²) in [5.41, 5.74) is 1.98. The van der Waals surface area contributed by atoms with Crippen molar-refractivity contribution in [2.45, 2.75) is 63.6 Å². The fourth-order valence-corrected chi connectivity index (χ4v) is 5.17. The van der Waals surface area contributed by atoms with Crippen LogP contribution in [-0.2, 0) is 27.3 Å². The lowest BCUT2D eigenvalue weighted by Gasteiger charge is -2.25. The monoisotopic (exact) mass is 614 g/mol. The molecule has 4 rings (SSSR count). The molecule has 3 aromatic carbocycles. The maximum absolute atomic E-state index is 13.5. The highest BCUT2D eigenvalue weighted by Crippen LogP contribution is 2.20. The number of nitrogens with one attached hydrogen (secondary N) is 3. The van der Waals surface area contributed by atoms with Crippen molar-refractivity contribution < 1.29 is 29.0 Å². The number of rotatable bonds is 5. The number of hydrogen-bond acceptors (Lipinski definition) is 6. The lowest BCUT2D eigenvalue weighted by atomic mass is 10.0. The summed E-state index contributed by atoms with van der Waals surface area (Å²) in [7, 11) is 1.73. The van der Waals surface area contributed by atoms with E-state index in [1.54, 1.807) is 48.3 Å². The normalized spacial score (nSPS) is 19.0. The summed E-state index contributed by atoms with van der Waals surface area (Å²) in [4.78, 5) is 55.2. The molecule has 0 radical (unpaired) electrons. The van der Waals surface area contributed by atoms with E-state index in [9.17, 15) is 24.3 Å². The van der Waals surface area contributed by atoms with Crippen LogP contribution in [0, 0.1) is 0 Å². The van der Waals surface area contributed by atoms with Crippen LogP contribution >= 0.6 is 0 Å². The number of carbonyl (C=O) groups is 4. The third-order valence-electron chi connectivity index (χ3n) is 7.75. The fourth-order valence-electron chi connectivity index (χ4n) is 5.17. The van der Waals surface area contributed by atoms with Gasteiger partial charge in [0.1, 0.15) is 23.6 Å². The molecule has 10 heteroatoms. The molecule has 0 saturated heterocycles. The number of ether oxygens (including phenoxy) is 1. The standard InChI is InChI=1S/C35H42N4O6/c1-39-21-9-2-3-10-22-45-31-14-8-7-13-28(31)33(42)38-29(34(43)36-24-26-11-5-4-6-12-26)19-20-32(41)37-30(35(39)44)23-25-15-17-27(40)18-16-25/h4-8,11-18,29-30,40H,2-3,9-10,19-24H2,1H3,(H,36,43)(H,37,41)(H,38,42)/t29-,30-/m0/s1. The van der Waals surface area contributed by atoms with E-state index in [-0.39, 0.29) is 37.5 Å². The van der Waals surface area contributed by atoms with Gasteiger partial charge in [0.25, 0.3) is 5.91 Å². The van der Waals surface area contributed by atoms with Gasteiger partial charge in [-0.25, -0.2) is 0 Å². The number of likely N-dealkylation sites (N-methyl/N-ethyl adjacent to an activating group) is 1. The first kappa shape index (κ1) is 33.0. The number of phenols is 1. The molecule has 1 aliphatic heterocycles. The number of fused-ring (bicyclic) bond motifs is 1. The molecular weight excluding hydrogens is 572 g/mol. The topological polar surface area (TPSA) is 137 Å². The van der Waals surface area contributed by atoms with Gasteiger partial charge in [0.15, 0.2) is 0 Å². The van der Waals surface area contributed by atoms with E-state index in [4.69, 9.17) is 4.74 Å². The van der Waals surface area contributed by atoms with Crippen molar-refractivity contribution >= 4 is 23.6 Å². The Balaban J connectivity index is 1.54. The minimum Gasteiger partial charge on any atom is -0.508 e. The second kappa shape index (κ2) is 16.8. The highest BCUT2D eigenvalue weighted by atomic mass is 16.5. The zero-order valence-electron chi connectivity index (χ0n) is 25.7. The number of carbonyl (C=O) groups excluding carboxylic acids is 4. The minimum absolute atomic E-state index is 0.0111. The van der Waals surface area contributed by atoms with Gasteiger partial charge in [-0.05, 0) is 54.7 Å². The van der Waals surface area contributed by atoms with E-state index in [2.05, 4.69) is 16.0 Å². The van der Waals surface area contributed by atoms with Crippen LogP contribution in [0.4, 0.5) is 0 Å². The summed E-state index contributed by atoms with van der Waals surface area (Å²) >= 11 is 0. The quantitative estimate of drug-likeness (QED) is 0.346. The largest absolute Gasteiger partial charge is 0.508 e. The van der Waals surface area contributed by atoms with Gasteiger partial charge in [-0.3, -0.25) is 19.2 Å². The van der Waals surface area contributed by atoms with E-state index in [1.165, 1.54) is 12.1 Å². The third kappa shape index (κ3) is 10.4. The molecule has 3 aromatic rings. The van der Waals surface area contributed by atoms with Gasteiger partial charge < -0.3 is 30.7 Å². The summed E-state index contributed by atoms with van der Waals surface area (Å²) < 4.78 is 5.95. The van der Waals surface area contributed by atoms with Crippen molar-refractivity contribution in [1.82, 2.24) is 20.9 Å². The Morgan fingerprint density at radius 2 is 1.60 bits per heavy atom. The van der Waals surface area contributed by atoms with E-state index < -0.39 is 29.8 Å². The van der Waals surface area contributed by atoms with Crippen LogP contribution in [0.1, 0.15) is 60.0 Å². The van der Waals surface area contributed by atoms with Gasteiger partial charge in [0.2, 0.25) is 17.7 Å². The Morgan fingerprint density at radius 3 is 2.38 bits per heavy atom. The predicted molar refractivity (Wildman–Crippen MR) is 171 cm³/mol. The molecule has 238 valence electrons. The number of amides is 4. The summed E-state index contributed by atoms with van der Waals surface area (Å²) in [6.07, 6.45) is 3.48. The van der Waals surface area contributed by atoms with Crippen LogP contribution in [0.15, 0.2) is 78.9 Å². The smallest absolute Gasteiger partial charge is 0.255 e. The van der Waals surface area contributed by atoms with Crippen molar-refractivity contribution in [2.75, 3.05) is 20.2 Å². The van der Waals surface area contributed by atoms with E-state index in [0.29, 0.717) is 24.5 Å². The molecule has 4 amide bonds. The first-order valence-electron chi connectivity index (χ1n) is 15.5. The second-order valence-corrected chi connectivity index (χ2v) is 11.3. The Hall–Kier alpha value is -4.86. The Labute approximate surface area is 264 Å². The van der Waals surface area contributed by atoms with Crippen molar-refractivity contribution in [2.24, 2.45) is 0 Å². The molecule has 0 bridgehead atoms. The molecule has 0 fully saturated rings. The predicted octanol–water partition coefficient (Wildman–Crippen LogP) is 3.73.